The number of aromatic nitrogens is 5. The van der Waals surface area contributed by atoms with Gasteiger partial charge < -0.3 is 19.8 Å². The van der Waals surface area contributed by atoms with Gasteiger partial charge in [0.1, 0.15) is 5.82 Å². The van der Waals surface area contributed by atoms with Crippen LogP contribution in [0.3, 0.4) is 0 Å². The highest BCUT2D eigenvalue weighted by atomic mass is 16.3. The van der Waals surface area contributed by atoms with E-state index in [1.54, 1.807) is 16.6 Å². The molecule has 4 aromatic rings. The largest absolute Gasteiger partial charge is 0.391 e. The van der Waals surface area contributed by atoms with Gasteiger partial charge in [0.2, 0.25) is 0 Å². The molecular formula is C27H31N9O2. The summed E-state index contributed by atoms with van der Waals surface area (Å²) in [5, 5.41) is 18.7. The zero-order chi connectivity index (χ0) is 26.2. The summed E-state index contributed by atoms with van der Waals surface area (Å²) in [6.45, 7) is 3.77. The number of aliphatic hydroxyl groups excluding tert-OH is 1. The summed E-state index contributed by atoms with van der Waals surface area (Å²) in [5.41, 5.74) is 5.93. The Labute approximate surface area is 220 Å². The fraction of sp³-hybridized carbons (Fsp3) is 0.370. The van der Waals surface area contributed by atoms with Gasteiger partial charge in [-0.05, 0) is 24.6 Å². The quantitative estimate of drug-likeness (QED) is 0.419. The predicted molar refractivity (Wildman–Crippen MR) is 146 cm³/mol. The van der Waals surface area contributed by atoms with E-state index in [1.165, 1.54) is 0 Å². The molecule has 2 fully saturated rings. The molecule has 0 saturated carbocycles. The second-order valence-electron chi connectivity index (χ2n) is 9.88. The Morgan fingerprint density at radius 2 is 1.84 bits per heavy atom. The van der Waals surface area contributed by atoms with Crippen LogP contribution < -0.4 is 4.90 Å². The number of urea groups is 1. The highest BCUT2D eigenvalue weighted by molar-refractivity contribution is 5.97. The van der Waals surface area contributed by atoms with Crippen molar-refractivity contribution in [3.8, 4) is 22.3 Å². The molecule has 2 aliphatic heterocycles. The molecule has 6 heterocycles. The number of carbonyl (C=O) groups is 1. The van der Waals surface area contributed by atoms with Crippen molar-refractivity contribution in [2.75, 3.05) is 51.2 Å². The molecule has 0 radical (unpaired) electrons. The maximum atomic E-state index is 12.8. The topological polar surface area (TPSA) is 107 Å². The number of fused-ring (bicyclic) bond motifs is 1. The Bertz CT molecular complexity index is 1480. The van der Waals surface area contributed by atoms with E-state index in [0.717, 1.165) is 52.2 Å². The number of aryl methyl sites for hydroxylation is 1. The number of hydrogen-bond donors (Lipinski definition) is 1. The highest BCUT2D eigenvalue weighted by Gasteiger charge is 2.30. The number of hydrogen-bond acceptors (Lipinski definition) is 7. The van der Waals surface area contributed by atoms with Crippen molar-refractivity contribution < 1.29 is 9.90 Å². The first-order valence-corrected chi connectivity index (χ1v) is 12.9. The van der Waals surface area contributed by atoms with Crippen LogP contribution in [0.5, 0.6) is 0 Å². The molecule has 11 nitrogen and oxygen atoms in total. The van der Waals surface area contributed by atoms with E-state index in [0.29, 0.717) is 32.6 Å². The van der Waals surface area contributed by atoms with Crippen LogP contribution in [0.15, 0.2) is 54.2 Å². The number of carbonyl (C=O) groups excluding carboxylic acids is 1. The number of anilines is 1. The Hall–Kier alpha value is -4.25. The third-order valence-corrected chi connectivity index (χ3v) is 7.31. The van der Waals surface area contributed by atoms with E-state index in [-0.39, 0.29) is 6.03 Å². The number of amides is 2. The molecule has 0 unspecified atom stereocenters. The molecule has 4 aromatic heterocycles. The van der Waals surface area contributed by atoms with Gasteiger partial charge >= 0.3 is 6.03 Å². The SMILES string of the molecule is C/N=C\c1cnn2cc(-c3cnn(C)c3)cc(-c3ccc(N4CCN(C(=O)N5CC[C@@H](O)C5)CC4)nc3)c12. The smallest absolute Gasteiger partial charge is 0.320 e. The molecule has 196 valence electrons. The minimum absolute atomic E-state index is 0.0225. The molecule has 11 heteroatoms. The van der Waals surface area contributed by atoms with Crippen LogP contribution in [0.1, 0.15) is 12.0 Å². The van der Waals surface area contributed by atoms with E-state index in [4.69, 9.17) is 4.98 Å². The summed E-state index contributed by atoms with van der Waals surface area (Å²) in [7, 11) is 3.66. The summed E-state index contributed by atoms with van der Waals surface area (Å²) in [5.74, 6) is 0.890. The van der Waals surface area contributed by atoms with Gasteiger partial charge in [0.15, 0.2) is 0 Å². The van der Waals surface area contributed by atoms with Gasteiger partial charge in [0.25, 0.3) is 0 Å². The van der Waals surface area contributed by atoms with Crippen LogP contribution in [0.4, 0.5) is 10.6 Å². The van der Waals surface area contributed by atoms with E-state index in [2.05, 4.69) is 32.2 Å². The molecule has 6 rings (SSSR count). The van der Waals surface area contributed by atoms with Gasteiger partial charge in [0.05, 0.1) is 24.0 Å². The first-order chi connectivity index (χ1) is 18.5. The number of aliphatic imine (C=N–C) groups is 1. The van der Waals surface area contributed by atoms with Gasteiger partial charge in [0, 0.05) is 106 Å². The van der Waals surface area contributed by atoms with Crippen LogP contribution in [0.2, 0.25) is 0 Å². The summed E-state index contributed by atoms with van der Waals surface area (Å²) in [6, 6.07) is 6.31. The van der Waals surface area contributed by atoms with E-state index >= 15 is 0 Å². The molecule has 1 atom stereocenters. The maximum Gasteiger partial charge on any atom is 0.320 e. The zero-order valence-corrected chi connectivity index (χ0v) is 21.6. The normalized spacial score (nSPS) is 18.3. The number of pyridine rings is 2. The second-order valence-corrected chi connectivity index (χ2v) is 9.88. The lowest BCUT2D eigenvalue weighted by Crippen LogP contribution is -2.52. The number of nitrogens with zero attached hydrogens (tertiary/aromatic N) is 9. The Morgan fingerprint density at radius 1 is 1.00 bits per heavy atom. The van der Waals surface area contributed by atoms with Crippen LogP contribution in [0.25, 0.3) is 27.8 Å². The molecular weight excluding hydrogens is 482 g/mol. The van der Waals surface area contributed by atoms with Gasteiger partial charge in [-0.25, -0.2) is 14.3 Å². The summed E-state index contributed by atoms with van der Waals surface area (Å²) < 4.78 is 3.67. The van der Waals surface area contributed by atoms with Crippen molar-refractivity contribution >= 4 is 23.6 Å². The van der Waals surface area contributed by atoms with Crippen LogP contribution in [0, 0.1) is 0 Å². The summed E-state index contributed by atoms with van der Waals surface area (Å²) in [6.07, 6.45) is 11.6. The van der Waals surface area contributed by atoms with Crippen molar-refractivity contribution in [2.45, 2.75) is 12.5 Å². The third kappa shape index (κ3) is 4.49. The number of likely N-dealkylation sites (tertiary alicyclic amines) is 1. The number of aliphatic hydroxyl groups is 1. The fourth-order valence-electron chi connectivity index (χ4n) is 5.30. The van der Waals surface area contributed by atoms with Crippen molar-refractivity contribution in [1.29, 1.82) is 0 Å². The van der Waals surface area contributed by atoms with Gasteiger partial charge in [-0.3, -0.25) is 9.67 Å². The molecule has 2 amide bonds. The van der Waals surface area contributed by atoms with Crippen LogP contribution >= 0.6 is 0 Å². The summed E-state index contributed by atoms with van der Waals surface area (Å²) in [4.78, 5) is 27.6. The average molecular weight is 514 g/mol. The monoisotopic (exact) mass is 513 g/mol. The second kappa shape index (κ2) is 9.90. The molecule has 2 saturated heterocycles. The minimum atomic E-state index is -0.401. The Kier molecular flexibility index (Phi) is 6.28. The molecule has 38 heavy (non-hydrogen) atoms. The van der Waals surface area contributed by atoms with Gasteiger partial charge in [-0.1, -0.05) is 0 Å². The van der Waals surface area contributed by atoms with Gasteiger partial charge in [-0.2, -0.15) is 10.2 Å². The van der Waals surface area contributed by atoms with E-state index in [1.807, 2.05) is 59.7 Å². The van der Waals surface area contributed by atoms with Crippen LogP contribution in [-0.2, 0) is 7.05 Å². The molecule has 0 aromatic carbocycles. The van der Waals surface area contributed by atoms with Crippen molar-refractivity contribution in [1.82, 2.24) is 34.2 Å². The number of rotatable bonds is 4. The van der Waals surface area contributed by atoms with Crippen molar-refractivity contribution in [2.24, 2.45) is 12.0 Å². The highest BCUT2D eigenvalue weighted by Crippen LogP contribution is 2.32. The molecule has 2 aliphatic rings. The van der Waals surface area contributed by atoms with Crippen molar-refractivity contribution in [3.63, 3.8) is 0 Å². The third-order valence-electron chi connectivity index (χ3n) is 7.31. The van der Waals surface area contributed by atoms with Crippen LogP contribution in [-0.4, -0.2) is 104 Å². The number of β-amino-alcohol motifs (C(OH)–C–C–N with tert-alkyl or cyclic N) is 1. The lowest BCUT2D eigenvalue weighted by molar-refractivity contribution is 0.144. The fourth-order valence-corrected chi connectivity index (χ4v) is 5.30. The first-order valence-electron chi connectivity index (χ1n) is 12.9. The lowest BCUT2D eigenvalue weighted by atomic mass is 10.0. The Morgan fingerprint density at radius 3 is 2.50 bits per heavy atom. The average Bonchev–Trinajstić information content (AvgIpc) is 3.68. The van der Waals surface area contributed by atoms with Gasteiger partial charge in [-0.15, -0.1) is 0 Å². The van der Waals surface area contributed by atoms with Crippen molar-refractivity contribution in [3.05, 3.63) is 54.7 Å². The minimum Gasteiger partial charge on any atom is -0.391 e. The zero-order valence-electron chi connectivity index (χ0n) is 21.6. The summed E-state index contributed by atoms with van der Waals surface area (Å²) >= 11 is 0. The maximum absolute atomic E-state index is 12.8. The molecule has 0 bridgehead atoms. The first kappa shape index (κ1) is 24.1. The van der Waals surface area contributed by atoms with E-state index in [9.17, 15) is 9.90 Å². The Balaban J connectivity index is 1.24. The molecule has 1 N–H and O–H groups in total. The number of piperazine rings is 1. The molecule has 0 aliphatic carbocycles. The predicted octanol–water partition coefficient (Wildman–Crippen LogP) is 2.15. The molecule has 0 spiro atoms. The standard InChI is InChI=1S/C27H31N9O2/c1-28-12-21-14-31-36-17-20(22-15-30-32(2)16-22)11-24(26(21)36)19-3-4-25(29-13-19)33-7-9-34(10-8-33)27(38)35-6-5-23(37)18-35/h3-4,11-17,23,37H,5-10,18H2,1-2H3/b28-12-/t23-/m1/s1. The van der Waals surface area contributed by atoms with E-state index < -0.39 is 6.10 Å². The lowest BCUT2D eigenvalue weighted by Gasteiger charge is -2.37.